The Labute approximate surface area is 231 Å². The average molecular weight is 592 g/mol. The predicted octanol–water partition coefficient (Wildman–Crippen LogP) is 6.00. The van der Waals surface area contributed by atoms with Crippen molar-refractivity contribution in [1.29, 1.82) is 0 Å². The van der Waals surface area contributed by atoms with Crippen LogP contribution in [-0.4, -0.2) is 51.2 Å². The van der Waals surface area contributed by atoms with Gasteiger partial charge in [0.2, 0.25) is 5.91 Å². The van der Waals surface area contributed by atoms with Crippen LogP contribution in [0.25, 0.3) is 0 Å². The Morgan fingerprint density at radius 1 is 0.900 bits per heavy atom. The summed E-state index contributed by atoms with van der Waals surface area (Å²) in [6, 6.07) is 6.76. The molecular formula is C27H35F6N3O3Si. The van der Waals surface area contributed by atoms with Gasteiger partial charge in [0.25, 0.3) is 5.91 Å². The summed E-state index contributed by atoms with van der Waals surface area (Å²) in [5, 5.41) is 2.25. The molecule has 2 amide bonds. The number of nitrogens with zero attached hydrogens (tertiary/aromatic N) is 1. The maximum atomic E-state index is 13.2. The Bertz CT molecular complexity index is 1160. The molecule has 0 aliphatic heterocycles. The largest absolute Gasteiger partial charge is 0.416 e. The Kier molecular flexibility index (Phi) is 10.3. The molecule has 0 unspecified atom stereocenters. The number of benzene rings is 2. The highest BCUT2D eigenvalue weighted by Crippen LogP contribution is 2.41. The molecule has 0 saturated carbocycles. The van der Waals surface area contributed by atoms with Crippen molar-refractivity contribution in [1.82, 2.24) is 10.2 Å². The molecule has 40 heavy (non-hydrogen) atoms. The maximum absolute atomic E-state index is 13.2. The highest BCUT2D eigenvalue weighted by molar-refractivity contribution is 6.74. The lowest BCUT2D eigenvalue weighted by atomic mass is 10.0. The summed E-state index contributed by atoms with van der Waals surface area (Å²) in [4.78, 5) is 26.8. The number of carbonyl (C=O) groups is 2. The third-order valence-electron chi connectivity index (χ3n) is 6.99. The minimum absolute atomic E-state index is 0.0126. The molecule has 0 heterocycles. The second-order valence-corrected chi connectivity index (χ2v) is 15.8. The van der Waals surface area contributed by atoms with Crippen molar-refractivity contribution in [2.24, 2.45) is 5.73 Å². The highest BCUT2D eigenvalue weighted by Gasteiger charge is 2.42. The molecule has 0 fully saturated rings. The van der Waals surface area contributed by atoms with Gasteiger partial charge in [-0.1, -0.05) is 32.9 Å². The molecule has 6 nitrogen and oxygen atoms in total. The number of hydrogen-bond donors (Lipinski definition) is 2. The molecular weight excluding hydrogens is 556 g/mol. The van der Waals surface area contributed by atoms with Crippen LogP contribution >= 0.6 is 0 Å². The van der Waals surface area contributed by atoms with Crippen molar-refractivity contribution in [2.45, 2.75) is 63.4 Å². The van der Waals surface area contributed by atoms with Crippen molar-refractivity contribution >= 4 is 20.1 Å². The van der Waals surface area contributed by atoms with E-state index in [9.17, 15) is 35.9 Å². The number of amides is 2. The van der Waals surface area contributed by atoms with Gasteiger partial charge >= 0.3 is 12.4 Å². The standard InChI is InChI=1S/C27H35F6N3O3Si/c1-25(2,3)40(5,6)39-22(17-7-11-19(12-8-17)26(28,29)30)21(34)24(38)36(4)16-15-35-23(37)18-9-13-20(14-10-18)27(31,32)33/h7-14,21-22H,15-16,34H2,1-6H3,(H,35,37)/t21-,22+/m0/s1. The zero-order valence-corrected chi connectivity index (χ0v) is 24.2. The molecule has 3 N–H and O–H groups in total. The first-order valence-corrected chi connectivity index (χ1v) is 15.4. The third-order valence-corrected chi connectivity index (χ3v) is 11.4. The zero-order chi connectivity index (χ0) is 30.7. The molecule has 222 valence electrons. The van der Waals surface area contributed by atoms with Gasteiger partial charge in [-0.25, -0.2) is 0 Å². The fourth-order valence-corrected chi connectivity index (χ4v) is 4.72. The number of halogens is 6. The topological polar surface area (TPSA) is 84.7 Å². The predicted molar refractivity (Wildman–Crippen MR) is 142 cm³/mol. The van der Waals surface area contributed by atoms with E-state index in [4.69, 9.17) is 10.2 Å². The first kappa shape index (κ1) is 33.3. The molecule has 2 aromatic rings. The lowest BCUT2D eigenvalue weighted by molar-refractivity contribution is -0.138. The van der Waals surface area contributed by atoms with Gasteiger partial charge in [0.05, 0.1) is 17.2 Å². The summed E-state index contributed by atoms with van der Waals surface area (Å²) >= 11 is 0. The van der Waals surface area contributed by atoms with E-state index in [-0.39, 0.29) is 23.7 Å². The van der Waals surface area contributed by atoms with Crippen LogP contribution in [0.2, 0.25) is 18.1 Å². The second kappa shape index (κ2) is 12.3. The van der Waals surface area contributed by atoms with Crippen molar-refractivity contribution in [3.63, 3.8) is 0 Å². The Hall–Kier alpha value is -2.90. The average Bonchev–Trinajstić information content (AvgIpc) is 2.84. The first-order valence-electron chi connectivity index (χ1n) is 12.5. The maximum Gasteiger partial charge on any atom is 0.416 e. The number of hydrogen-bond acceptors (Lipinski definition) is 4. The second-order valence-electron chi connectivity index (χ2n) is 11.0. The lowest BCUT2D eigenvalue weighted by Crippen LogP contribution is -2.51. The SMILES string of the molecule is CN(CCNC(=O)c1ccc(C(F)(F)F)cc1)C(=O)[C@@H](N)[C@H](O[Si](C)(C)C(C)(C)C)c1ccc(C(F)(F)F)cc1. The van der Waals surface area contributed by atoms with Gasteiger partial charge in [0.15, 0.2) is 8.32 Å². The van der Waals surface area contributed by atoms with E-state index in [2.05, 4.69) is 5.32 Å². The van der Waals surface area contributed by atoms with E-state index >= 15 is 0 Å². The summed E-state index contributed by atoms with van der Waals surface area (Å²) in [6.07, 6.45) is -10.1. The van der Waals surface area contributed by atoms with Crippen LogP contribution in [0.3, 0.4) is 0 Å². The lowest BCUT2D eigenvalue weighted by Gasteiger charge is -2.41. The van der Waals surface area contributed by atoms with E-state index in [0.29, 0.717) is 5.56 Å². The number of alkyl halides is 6. The van der Waals surface area contributed by atoms with Gasteiger partial charge in [-0.05, 0) is 60.1 Å². The normalized spacial score (nSPS) is 14.4. The summed E-state index contributed by atoms with van der Waals surface area (Å²) in [5.74, 6) is -1.19. The van der Waals surface area contributed by atoms with Gasteiger partial charge < -0.3 is 20.4 Å². The molecule has 0 aromatic heterocycles. The van der Waals surface area contributed by atoms with E-state index in [1.54, 1.807) is 0 Å². The van der Waals surface area contributed by atoms with Crippen LogP contribution in [0.15, 0.2) is 48.5 Å². The van der Waals surface area contributed by atoms with E-state index < -0.39 is 55.8 Å². The molecule has 0 spiro atoms. The molecule has 0 aliphatic carbocycles. The molecule has 2 rings (SSSR count). The number of nitrogens with one attached hydrogen (secondary N) is 1. The van der Waals surface area contributed by atoms with Gasteiger partial charge in [0.1, 0.15) is 6.04 Å². The summed E-state index contributed by atoms with van der Waals surface area (Å²) < 4.78 is 83.9. The van der Waals surface area contributed by atoms with Crippen molar-refractivity contribution in [3.05, 3.63) is 70.8 Å². The van der Waals surface area contributed by atoms with Crippen molar-refractivity contribution in [3.8, 4) is 0 Å². The molecule has 2 aromatic carbocycles. The van der Waals surface area contributed by atoms with Crippen LogP contribution in [-0.2, 0) is 21.6 Å². The Morgan fingerprint density at radius 2 is 1.35 bits per heavy atom. The van der Waals surface area contributed by atoms with Gasteiger partial charge in [-0.3, -0.25) is 9.59 Å². The fraction of sp³-hybridized carbons (Fsp3) is 0.481. The van der Waals surface area contributed by atoms with Crippen molar-refractivity contribution < 1.29 is 40.4 Å². The number of likely N-dealkylation sites (N-methyl/N-ethyl adjacent to an activating group) is 1. The van der Waals surface area contributed by atoms with Crippen LogP contribution in [0.1, 0.15) is 53.9 Å². The van der Waals surface area contributed by atoms with Gasteiger partial charge in [0, 0.05) is 25.7 Å². The summed E-state index contributed by atoms with van der Waals surface area (Å²) in [6.45, 7) is 9.77. The van der Waals surface area contributed by atoms with Crippen molar-refractivity contribution in [2.75, 3.05) is 20.1 Å². The zero-order valence-electron chi connectivity index (χ0n) is 23.2. The van der Waals surface area contributed by atoms with Gasteiger partial charge in [-0.2, -0.15) is 26.3 Å². The summed E-state index contributed by atoms with van der Waals surface area (Å²) in [7, 11) is -1.09. The van der Waals surface area contributed by atoms with E-state index in [0.717, 1.165) is 36.4 Å². The van der Waals surface area contributed by atoms with Crippen LogP contribution in [0.4, 0.5) is 26.3 Å². The molecule has 0 saturated heterocycles. The monoisotopic (exact) mass is 591 g/mol. The Morgan fingerprint density at radius 3 is 1.77 bits per heavy atom. The van der Waals surface area contributed by atoms with Crippen LogP contribution in [0.5, 0.6) is 0 Å². The van der Waals surface area contributed by atoms with Crippen LogP contribution < -0.4 is 11.1 Å². The quantitative estimate of drug-likeness (QED) is 0.277. The fourth-order valence-electron chi connectivity index (χ4n) is 3.45. The molecule has 0 aliphatic rings. The van der Waals surface area contributed by atoms with Gasteiger partial charge in [-0.15, -0.1) is 0 Å². The molecule has 0 radical (unpaired) electrons. The molecule has 0 bridgehead atoms. The van der Waals surface area contributed by atoms with Crippen LogP contribution in [0, 0.1) is 0 Å². The van der Waals surface area contributed by atoms with E-state index in [1.807, 2.05) is 33.9 Å². The number of nitrogens with two attached hydrogens (primary N) is 1. The minimum atomic E-state index is -4.53. The minimum Gasteiger partial charge on any atom is -0.408 e. The Balaban J connectivity index is 2.14. The third kappa shape index (κ3) is 8.55. The smallest absolute Gasteiger partial charge is 0.408 e. The molecule has 13 heteroatoms. The summed E-state index contributed by atoms with van der Waals surface area (Å²) in [5.41, 5.74) is 4.96. The highest BCUT2D eigenvalue weighted by atomic mass is 28.4. The van der Waals surface area contributed by atoms with E-state index in [1.165, 1.54) is 24.1 Å². The molecule has 2 atom stereocenters. The number of rotatable bonds is 9. The first-order chi connectivity index (χ1) is 18.1. The number of carbonyl (C=O) groups excluding carboxylic acids is 2.